The topological polar surface area (TPSA) is 83.7 Å². The predicted octanol–water partition coefficient (Wildman–Crippen LogP) is 4.20. The molecule has 8 nitrogen and oxygen atoms in total. The Morgan fingerprint density at radius 2 is 1.00 bits per heavy atom. The summed E-state index contributed by atoms with van der Waals surface area (Å²) >= 11 is 0. The van der Waals surface area contributed by atoms with Crippen LogP contribution in [0.25, 0.3) is 0 Å². The van der Waals surface area contributed by atoms with Crippen molar-refractivity contribution in [2.75, 3.05) is 59.5 Å². The predicted molar refractivity (Wildman–Crippen MR) is 159 cm³/mol. The highest BCUT2D eigenvalue weighted by Crippen LogP contribution is 2.30. The first-order chi connectivity index (χ1) is 18.8. The van der Waals surface area contributed by atoms with Crippen molar-refractivity contribution in [3.63, 3.8) is 0 Å². The van der Waals surface area contributed by atoms with Crippen molar-refractivity contribution >= 4 is 30.4 Å². The number of ether oxygens (including phenoxy) is 6. The molecule has 0 unspecified atom stereocenters. The number of hydrogen-bond donors (Lipinski definition) is 0. The molecule has 3 fully saturated rings. The molecule has 0 saturated carbocycles. The monoisotopic (exact) mass is 598 g/mol. The molecule has 39 heavy (non-hydrogen) atoms. The molecule has 222 valence electrons. The Hall–Kier alpha value is -0.449. The molecule has 1 aromatic carbocycles. The molecular formula is C28H50O8Si3. The Balaban J connectivity index is 1.40. The Morgan fingerprint density at radius 1 is 0.615 bits per heavy atom. The molecule has 0 amide bonds. The lowest BCUT2D eigenvalue weighted by Crippen LogP contribution is -2.63. The summed E-state index contributed by atoms with van der Waals surface area (Å²) in [5.74, 6) is 0. The zero-order valence-electron chi connectivity index (χ0n) is 24.5. The van der Waals surface area contributed by atoms with Crippen molar-refractivity contribution in [1.29, 1.82) is 0 Å². The summed E-state index contributed by atoms with van der Waals surface area (Å²) in [7, 11) is -6.89. The Bertz CT molecular complexity index is 795. The van der Waals surface area contributed by atoms with E-state index in [2.05, 4.69) is 56.5 Å². The van der Waals surface area contributed by atoms with Gasteiger partial charge in [0.05, 0.1) is 39.6 Å². The van der Waals surface area contributed by atoms with E-state index in [1.807, 2.05) is 0 Å². The zero-order valence-corrected chi connectivity index (χ0v) is 27.5. The van der Waals surface area contributed by atoms with Crippen LogP contribution >= 0.6 is 0 Å². The average molecular weight is 599 g/mol. The summed E-state index contributed by atoms with van der Waals surface area (Å²) < 4.78 is 48.2. The number of epoxide rings is 3. The summed E-state index contributed by atoms with van der Waals surface area (Å²) in [5, 5.41) is 1.24. The van der Waals surface area contributed by atoms with Crippen LogP contribution < -0.4 is 5.19 Å². The highest BCUT2D eigenvalue weighted by atomic mass is 28.5. The van der Waals surface area contributed by atoms with Crippen LogP contribution in [0.4, 0.5) is 0 Å². The Labute approximate surface area is 238 Å². The molecule has 3 atom stereocenters. The van der Waals surface area contributed by atoms with E-state index in [0.717, 1.165) is 70.4 Å². The second-order valence-corrected chi connectivity index (χ2v) is 24.5. The fraction of sp³-hybridized carbons (Fsp3) is 0.786. The maximum atomic E-state index is 7.38. The smallest absolute Gasteiger partial charge is 0.352 e. The van der Waals surface area contributed by atoms with Crippen LogP contribution in [0.3, 0.4) is 0 Å². The summed E-state index contributed by atoms with van der Waals surface area (Å²) in [4.78, 5) is 0. The standard InChI is InChI=1S/C28H50O8Si3/c1-37(2,16-8-13-29-19-25-22-32-25)35-39(28-11-6-5-7-12-28,18-10-15-31-21-27-24-34-27)36-38(3,4)17-9-14-30-20-26-23-33-26/h5-7,11-12,25-27H,8-10,13-24H2,1-4H3/t25-,26-,27-/m1/s1. The molecule has 1 aromatic rings. The fourth-order valence-electron chi connectivity index (χ4n) is 4.82. The van der Waals surface area contributed by atoms with Gasteiger partial charge in [0.2, 0.25) is 0 Å². The zero-order chi connectivity index (χ0) is 27.6. The molecule has 0 radical (unpaired) electrons. The minimum absolute atomic E-state index is 0.286. The lowest BCUT2D eigenvalue weighted by atomic mass is 10.4. The molecular weight excluding hydrogens is 549 g/mol. The SMILES string of the molecule is C[Si](C)(CCCOC[C@@H]1CO1)O[Si](CCCOC[C@@H]1CO1)(O[Si](C)(C)CCCOC[C@@H]1CO1)c1ccccc1. The first-order valence-electron chi connectivity index (χ1n) is 14.8. The average Bonchev–Trinajstić information content (AvgIpc) is 3.73. The second kappa shape index (κ2) is 15.1. The molecule has 3 aliphatic heterocycles. The van der Waals surface area contributed by atoms with E-state index in [-0.39, 0.29) is 6.10 Å². The van der Waals surface area contributed by atoms with Gasteiger partial charge in [0.15, 0.2) is 16.6 Å². The molecule has 0 aromatic heterocycles. The van der Waals surface area contributed by atoms with E-state index in [4.69, 9.17) is 36.7 Å². The van der Waals surface area contributed by atoms with Gasteiger partial charge in [0.1, 0.15) is 18.3 Å². The number of benzene rings is 1. The van der Waals surface area contributed by atoms with Crippen molar-refractivity contribution in [3.8, 4) is 0 Å². The van der Waals surface area contributed by atoms with Gasteiger partial charge in [-0.2, -0.15) is 0 Å². The van der Waals surface area contributed by atoms with E-state index in [9.17, 15) is 0 Å². The maximum Gasteiger partial charge on any atom is 0.352 e. The molecule has 11 heteroatoms. The van der Waals surface area contributed by atoms with Crippen molar-refractivity contribution in [3.05, 3.63) is 30.3 Å². The highest BCUT2D eigenvalue weighted by molar-refractivity contribution is 6.95. The van der Waals surface area contributed by atoms with Crippen LogP contribution in [0.2, 0.25) is 44.3 Å². The lowest BCUT2D eigenvalue weighted by molar-refractivity contribution is 0.115. The van der Waals surface area contributed by atoms with Crippen molar-refractivity contribution in [2.45, 2.75) is 81.9 Å². The first kappa shape index (κ1) is 31.5. The van der Waals surface area contributed by atoms with Gasteiger partial charge in [0.25, 0.3) is 0 Å². The summed E-state index contributed by atoms with van der Waals surface area (Å²) in [6, 6.07) is 13.7. The van der Waals surface area contributed by atoms with Crippen LogP contribution in [-0.2, 0) is 36.7 Å². The number of hydrogen-bond acceptors (Lipinski definition) is 8. The van der Waals surface area contributed by atoms with Gasteiger partial charge in [-0.1, -0.05) is 30.3 Å². The van der Waals surface area contributed by atoms with Gasteiger partial charge >= 0.3 is 8.56 Å². The van der Waals surface area contributed by atoms with E-state index in [1.54, 1.807) is 0 Å². The first-order valence-corrected chi connectivity index (χ1v) is 23.0. The molecule has 4 rings (SSSR count). The van der Waals surface area contributed by atoms with Gasteiger partial charge in [-0.3, -0.25) is 0 Å². The van der Waals surface area contributed by atoms with E-state index >= 15 is 0 Å². The molecule has 0 spiro atoms. The summed E-state index contributed by atoms with van der Waals surface area (Å²) in [6.45, 7) is 16.2. The number of rotatable bonds is 23. The molecule has 3 heterocycles. The van der Waals surface area contributed by atoms with Gasteiger partial charge in [-0.15, -0.1) is 0 Å². The van der Waals surface area contributed by atoms with Crippen LogP contribution in [0, 0.1) is 0 Å². The van der Waals surface area contributed by atoms with Gasteiger partial charge in [-0.05, 0) is 68.8 Å². The van der Waals surface area contributed by atoms with E-state index in [0.29, 0.717) is 38.6 Å². The Morgan fingerprint density at radius 3 is 1.38 bits per heavy atom. The van der Waals surface area contributed by atoms with Crippen molar-refractivity contribution < 1.29 is 36.7 Å². The van der Waals surface area contributed by atoms with Crippen molar-refractivity contribution in [2.24, 2.45) is 0 Å². The van der Waals surface area contributed by atoms with Crippen molar-refractivity contribution in [1.82, 2.24) is 0 Å². The van der Waals surface area contributed by atoms with Gasteiger partial charge < -0.3 is 36.7 Å². The maximum absolute atomic E-state index is 7.38. The third-order valence-electron chi connectivity index (χ3n) is 7.14. The lowest BCUT2D eigenvalue weighted by Gasteiger charge is -2.43. The minimum Gasteiger partial charge on any atom is -0.433 e. The fourth-order valence-corrected chi connectivity index (χ4v) is 18.7. The van der Waals surface area contributed by atoms with Gasteiger partial charge in [0, 0.05) is 19.8 Å². The largest absolute Gasteiger partial charge is 0.433 e. The Kier molecular flexibility index (Phi) is 12.2. The van der Waals surface area contributed by atoms with E-state index < -0.39 is 25.2 Å². The van der Waals surface area contributed by atoms with E-state index in [1.165, 1.54) is 5.19 Å². The minimum atomic E-state index is -2.77. The third-order valence-corrected chi connectivity index (χ3v) is 19.5. The third kappa shape index (κ3) is 12.5. The summed E-state index contributed by atoms with van der Waals surface area (Å²) in [6.07, 6.45) is 3.82. The van der Waals surface area contributed by atoms with Crippen LogP contribution in [-0.4, -0.2) is 103 Å². The molecule has 0 N–H and O–H groups in total. The van der Waals surface area contributed by atoms with Crippen LogP contribution in [0.15, 0.2) is 30.3 Å². The molecule has 0 bridgehead atoms. The molecule has 3 aliphatic rings. The van der Waals surface area contributed by atoms with Crippen LogP contribution in [0.1, 0.15) is 19.3 Å². The van der Waals surface area contributed by atoms with Crippen LogP contribution in [0.5, 0.6) is 0 Å². The molecule has 3 saturated heterocycles. The quantitative estimate of drug-likeness (QED) is 0.105. The summed E-state index contributed by atoms with van der Waals surface area (Å²) in [5.41, 5.74) is 0. The highest BCUT2D eigenvalue weighted by Gasteiger charge is 2.48. The second-order valence-electron chi connectivity index (χ2n) is 12.2. The molecule has 0 aliphatic carbocycles. The normalized spacial score (nSPS) is 22.7. The van der Waals surface area contributed by atoms with Gasteiger partial charge in [-0.25, -0.2) is 0 Å².